The molecule has 16 heavy (non-hydrogen) atoms. The zero-order valence-corrected chi connectivity index (χ0v) is 8.47. The fraction of sp³-hybridized carbons (Fsp3) is 0.182. The Bertz CT molecular complexity index is 472. The summed E-state index contributed by atoms with van der Waals surface area (Å²) in [6.07, 6.45) is 0.556. The van der Waals surface area contributed by atoms with Crippen molar-refractivity contribution >= 4 is 11.6 Å². The molecule has 0 aliphatic heterocycles. The van der Waals surface area contributed by atoms with Crippen molar-refractivity contribution in [1.29, 1.82) is 0 Å². The van der Waals surface area contributed by atoms with E-state index in [1.165, 1.54) is 12.1 Å². The second-order valence-electron chi connectivity index (χ2n) is 3.08. The van der Waals surface area contributed by atoms with Gasteiger partial charge >= 0.3 is 0 Å². The van der Waals surface area contributed by atoms with Crippen LogP contribution in [-0.4, -0.2) is 10.8 Å². The highest BCUT2D eigenvalue weighted by atomic mass is 16.6. The number of hydrogen-bond donors (Lipinski definition) is 1. The first-order chi connectivity index (χ1) is 7.59. The van der Waals surface area contributed by atoms with Crippen molar-refractivity contribution in [1.82, 2.24) is 0 Å². The van der Waals surface area contributed by atoms with Crippen LogP contribution < -0.4 is 5.73 Å². The molecule has 0 fully saturated rings. The van der Waals surface area contributed by atoms with Crippen LogP contribution in [0.25, 0.3) is 0 Å². The number of hydrogen-bond acceptors (Lipinski definition) is 3. The van der Waals surface area contributed by atoms with Crippen LogP contribution in [0.3, 0.4) is 0 Å². The molecule has 1 amide bonds. The molecule has 0 atom stereocenters. The normalized spacial score (nSPS) is 9.00. The number of amides is 1. The fourth-order valence-electron chi connectivity index (χ4n) is 1.05. The number of carbonyl (C=O) groups excluding carboxylic acids is 1. The lowest BCUT2D eigenvalue weighted by atomic mass is 10.2. The van der Waals surface area contributed by atoms with Gasteiger partial charge in [-0.15, -0.1) is 0 Å². The number of rotatable bonds is 3. The number of nitrogens with two attached hydrogens (primary N) is 1. The average Bonchev–Trinajstić information content (AvgIpc) is 2.24. The monoisotopic (exact) mass is 218 g/mol. The Hall–Kier alpha value is -2.35. The second kappa shape index (κ2) is 5.51. The molecule has 0 saturated heterocycles. The van der Waals surface area contributed by atoms with E-state index in [9.17, 15) is 14.9 Å². The van der Waals surface area contributed by atoms with Crippen LogP contribution in [0, 0.1) is 22.0 Å². The summed E-state index contributed by atoms with van der Waals surface area (Å²) in [6.45, 7) is 0. The first-order valence-electron chi connectivity index (χ1n) is 4.61. The number of nitro benzene ring substituents is 1. The zero-order valence-electron chi connectivity index (χ0n) is 8.47. The molecule has 0 aliphatic rings. The molecule has 5 nitrogen and oxygen atoms in total. The molecular formula is C11H10N2O3. The number of nitro groups is 1. The topological polar surface area (TPSA) is 86.2 Å². The van der Waals surface area contributed by atoms with E-state index in [-0.39, 0.29) is 12.1 Å². The van der Waals surface area contributed by atoms with E-state index in [0.29, 0.717) is 12.0 Å². The van der Waals surface area contributed by atoms with Gasteiger partial charge < -0.3 is 5.73 Å². The quantitative estimate of drug-likeness (QED) is 0.470. The maximum absolute atomic E-state index is 10.5. The largest absolute Gasteiger partial charge is 0.370 e. The van der Waals surface area contributed by atoms with Crippen LogP contribution in [0.15, 0.2) is 24.3 Å². The maximum atomic E-state index is 10.5. The molecule has 0 spiro atoms. The molecule has 82 valence electrons. The molecule has 0 unspecified atom stereocenters. The second-order valence-corrected chi connectivity index (χ2v) is 3.08. The van der Waals surface area contributed by atoms with Crippen LogP contribution in [0.1, 0.15) is 18.4 Å². The SMILES string of the molecule is NC(=O)CCC#Cc1cccc([N+](=O)[O-])c1. The lowest BCUT2D eigenvalue weighted by Gasteiger charge is -1.91. The molecule has 5 heteroatoms. The smallest absolute Gasteiger partial charge is 0.270 e. The van der Waals surface area contributed by atoms with Gasteiger partial charge in [-0.05, 0) is 6.07 Å². The summed E-state index contributed by atoms with van der Waals surface area (Å²) >= 11 is 0. The molecule has 0 aliphatic carbocycles. The van der Waals surface area contributed by atoms with E-state index in [1.54, 1.807) is 12.1 Å². The Kier molecular flexibility index (Phi) is 4.04. The summed E-state index contributed by atoms with van der Waals surface area (Å²) in [6, 6.07) is 6.02. The molecule has 0 bridgehead atoms. The molecule has 0 heterocycles. The van der Waals surface area contributed by atoms with Crippen LogP contribution in [0.2, 0.25) is 0 Å². The summed E-state index contributed by atoms with van der Waals surface area (Å²) in [5.74, 6) is 5.05. The van der Waals surface area contributed by atoms with Gasteiger partial charge in [0.25, 0.3) is 5.69 Å². The molecule has 1 rings (SSSR count). The Morgan fingerprint density at radius 2 is 2.25 bits per heavy atom. The molecule has 1 aromatic rings. The standard InChI is InChI=1S/C11H10N2O3/c12-11(14)7-2-1-4-9-5-3-6-10(8-9)13(15)16/h3,5-6,8H,2,7H2,(H2,12,14). The summed E-state index contributed by atoms with van der Waals surface area (Å²) in [5, 5.41) is 10.5. The van der Waals surface area contributed by atoms with E-state index in [2.05, 4.69) is 11.8 Å². The highest BCUT2D eigenvalue weighted by Crippen LogP contribution is 2.11. The van der Waals surface area contributed by atoms with Gasteiger partial charge in [-0.2, -0.15) is 0 Å². The van der Waals surface area contributed by atoms with Crippen molar-refractivity contribution < 1.29 is 9.72 Å². The van der Waals surface area contributed by atoms with Crippen molar-refractivity contribution in [3.8, 4) is 11.8 Å². The summed E-state index contributed by atoms with van der Waals surface area (Å²) < 4.78 is 0. The zero-order chi connectivity index (χ0) is 12.0. The number of nitrogens with zero attached hydrogens (tertiary/aromatic N) is 1. The van der Waals surface area contributed by atoms with Crippen molar-refractivity contribution in [2.75, 3.05) is 0 Å². The molecule has 2 N–H and O–H groups in total. The number of non-ortho nitro benzene ring substituents is 1. The minimum Gasteiger partial charge on any atom is -0.370 e. The van der Waals surface area contributed by atoms with Crippen LogP contribution in [0.5, 0.6) is 0 Å². The fourth-order valence-corrected chi connectivity index (χ4v) is 1.05. The predicted octanol–water partition coefficient (Wildman–Crippen LogP) is 1.21. The Morgan fingerprint density at radius 3 is 2.88 bits per heavy atom. The Morgan fingerprint density at radius 1 is 1.50 bits per heavy atom. The first kappa shape index (κ1) is 11.7. The molecule has 0 aromatic heterocycles. The average molecular weight is 218 g/mol. The van der Waals surface area contributed by atoms with Gasteiger partial charge in [0.15, 0.2) is 0 Å². The Balaban J connectivity index is 2.70. The van der Waals surface area contributed by atoms with Gasteiger partial charge in [0.05, 0.1) is 4.92 Å². The van der Waals surface area contributed by atoms with Crippen molar-refractivity contribution in [3.63, 3.8) is 0 Å². The van der Waals surface area contributed by atoms with Crippen LogP contribution >= 0.6 is 0 Å². The van der Waals surface area contributed by atoms with E-state index in [4.69, 9.17) is 5.73 Å². The minimum atomic E-state index is -0.478. The van der Waals surface area contributed by atoms with Gasteiger partial charge in [0.2, 0.25) is 5.91 Å². The van der Waals surface area contributed by atoms with Crippen molar-refractivity contribution in [2.24, 2.45) is 5.73 Å². The third-order valence-electron chi connectivity index (χ3n) is 1.79. The molecule has 1 aromatic carbocycles. The molecule has 0 radical (unpaired) electrons. The van der Waals surface area contributed by atoms with Gasteiger partial charge in [0, 0.05) is 30.5 Å². The number of benzene rings is 1. The molecular weight excluding hydrogens is 208 g/mol. The van der Waals surface area contributed by atoms with Gasteiger partial charge in [-0.3, -0.25) is 14.9 Å². The lowest BCUT2D eigenvalue weighted by molar-refractivity contribution is -0.384. The molecule has 0 saturated carbocycles. The third kappa shape index (κ3) is 3.80. The van der Waals surface area contributed by atoms with Gasteiger partial charge in [0.1, 0.15) is 0 Å². The first-order valence-corrected chi connectivity index (χ1v) is 4.61. The summed E-state index contributed by atoms with van der Waals surface area (Å²) in [7, 11) is 0. The Labute approximate surface area is 92.4 Å². The van der Waals surface area contributed by atoms with E-state index >= 15 is 0 Å². The van der Waals surface area contributed by atoms with E-state index in [1.807, 2.05) is 0 Å². The van der Waals surface area contributed by atoms with Crippen LogP contribution in [0.4, 0.5) is 5.69 Å². The minimum absolute atomic E-state index is 0.00158. The maximum Gasteiger partial charge on any atom is 0.270 e. The number of primary amides is 1. The summed E-state index contributed by atoms with van der Waals surface area (Å²) in [4.78, 5) is 20.4. The number of carbonyl (C=O) groups is 1. The van der Waals surface area contributed by atoms with Crippen molar-refractivity contribution in [3.05, 3.63) is 39.9 Å². The highest BCUT2D eigenvalue weighted by Gasteiger charge is 2.03. The lowest BCUT2D eigenvalue weighted by Crippen LogP contribution is -2.08. The highest BCUT2D eigenvalue weighted by molar-refractivity contribution is 5.74. The predicted molar refractivity (Wildman–Crippen MR) is 58.4 cm³/mol. The summed E-state index contributed by atoms with van der Waals surface area (Å²) in [5.41, 5.74) is 5.50. The van der Waals surface area contributed by atoms with E-state index in [0.717, 1.165) is 0 Å². The van der Waals surface area contributed by atoms with Gasteiger partial charge in [-0.1, -0.05) is 17.9 Å². The van der Waals surface area contributed by atoms with E-state index < -0.39 is 10.8 Å². The third-order valence-corrected chi connectivity index (χ3v) is 1.79. The van der Waals surface area contributed by atoms with Crippen molar-refractivity contribution in [2.45, 2.75) is 12.8 Å². The van der Waals surface area contributed by atoms with Crippen LogP contribution in [-0.2, 0) is 4.79 Å². The van der Waals surface area contributed by atoms with Gasteiger partial charge in [-0.25, -0.2) is 0 Å².